The molecule has 0 saturated carbocycles. The molecular formula is C14H20O8. The van der Waals surface area contributed by atoms with Crippen LogP contribution in [0.2, 0.25) is 0 Å². The third-order valence-electron chi connectivity index (χ3n) is 3.48. The Hall–Kier alpha value is -1.42. The number of phenols is 1. The van der Waals surface area contributed by atoms with Crippen LogP contribution in [0.5, 0.6) is 11.5 Å². The van der Waals surface area contributed by atoms with E-state index in [9.17, 15) is 25.5 Å². The van der Waals surface area contributed by atoms with Gasteiger partial charge in [-0.2, -0.15) is 0 Å². The van der Waals surface area contributed by atoms with Crippen LogP contribution in [-0.4, -0.2) is 70.0 Å². The molecule has 5 atom stereocenters. The summed E-state index contributed by atoms with van der Waals surface area (Å²) in [4.78, 5) is 0. The Morgan fingerprint density at radius 1 is 1.09 bits per heavy atom. The fraction of sp³-hybridized carbons (Fsp3) is 0.571. The molecule has 2 rings (SSSR count). The maximum Gasteiger partial charge on any atom is 0.184 e. The van der Waals surface area contributed by atoms with Crippen molar-refractivity contribution in [2.24, 2.45) is 0 Å². The lowest BCUT2D eigenvalue weighted by Crippen LogP contribution is -2.58. The summed E-state index contributed by atoms with van der Waals surface area (Å²) in [5.41, 5.74) is 0.723. The number of aliphatic hydroxyl groups excluding tert-OH is 4. The minimum Gasteiger partial charge on any atom is -0.504 e. The van der Waals surface area contributed by atoms with Gasteiger partial charge in [-0.25, -0.2) is 0 Å². The van der Waals surface area contributed by atoms with Crippen molar-refractivity contribution in [3.63, 3.8) is 0 Å². The second-order valence-corrected chi connectivity index (χ2v) is 5.06. The Balaban J connectivity index is 1.88. The molecule has 8 heteroatoms. The zero-order valence-corrected chi connectivity index (χ0v) is 12.0. The van der Waals surface area contributed by atoms with Crippen LogP contribution in [0.3, 0.4) is 0 Å². The first-order valence-electron chi connectivity index (χ1n) is 6.75. The molecule has 0 bridgehead atoms. The first kappa shape index (κ1) is 16.9. The molecule has 1 aromatic rings. The van der Waals surface area contributed by atoms with Crippen LogP contribution in [0.4, 0.5) is 0 Å². The van der Waals surface area contributed by atoms with Crippen LogP contribution in [0, 0.1) is 0 Å². The molecule has 22 heavy (non-hydrogen) atoms. The largest absolute Gasteiger partial charge is 0.504 e. The molecule has 0 radical (unpaired) electrons. The highest BCUT2D eigenvalue weighted by Gasteiger charge is 2.42. The van der Waals surface area contributed by atoms with Gasteiger partial charge in [0.25, 0.3) is 0 Å². The van der Waals surface area contributed by atoms with Gasteiger partial charge in [0.15, 0.2) is 17.8 Å². The zero-order valence-electron chi connectivity index (χ0n) is 12.0. The van der Waals surface area contributed by atoms with E-state index in [1.807, 2.05) is 0 Å². The molecule has 1 heterocycles. The predicted molar refractivity (Wildman–Crippen MR) is 73.2 cm³/mol. The lowest BCUT2D eigenvalue weighted by molar-refractivity contribution is -0.289. The summed E-state index contributed by atoms with van der Waals surface area (Å²) < 4.78 is 15.3. The van der Waals surface area contributed by atoms with Gasteiger partial charge in [0.2, 0.25) is 0 Å². The Kier molecular flexibility index (Phi) is 5.57. The normalized spacial score (nSPS) is 32.0. The van der Waals surface area contributed by atoms with Crippen LogP contribution in [0.15, 0.2) is 18.2 Å². The smallest absolute Gasteiger partial charge is 0.184 e. The summed E-state index contributed by atoms with van der Waals surface area (Å²) in [5, 5.41) is 47.6. The summed E-state index contributed by atoms with van der Waals surface area (Å²) in [7, 11) is 1.43. The number of benzene rings is 1. The number of ether oxygens (including phenoxy) is 3. The van der Waals surface area contributed by atoms with Gasteiger partial charge in [0, 0.05) is 0 Å². The number of aromatic hydroxyl groups is 1. The lowest BCUT2D eigenvalue weighted by Gasteiger charge is -2.38. The van der Waals surface area contributed by atoms with E-state index in [1.165, 1.54) is 13.2 Å². The molecule has 5 N–H and O–H groups in total. The highest BCUT2D eigenvalue weighted by Crippen LogP contribution is 2.26. The lowest BCUT2D eigenvalue weighted by atomic mass is 9.99. The molecule has 0 amide bonds. The van der Waals surface area contributed by atoms with Gasteiger partial charge in [0.05, 0.1) is 20.3 Å². The third-order valence-corrected chi connectivity index (χ3v) is 3.48. The SMILES string of the molecule is COc1cc(COC[C@H]2O[C@H](O)[C@@H](O)[C@@H](O)[C@@H]2O)ccc1O. The Bertz CT molecular complexity index is 494. The maximum absolute atomic E-state index is 9.76. The van der Waals surface area contributed by atoms with Gasteiger partial charge >= 0.3 is 0 Å². The van der Waals surface area contributed by atoms with Crippen molar-refractivity contribution in [2.45, 2.75) is 37.3 Å². The molecule has 1 saturated heterocycles. The standard InChI is InChI=1S/C14H20O8/c1-20-9-4-7(2-3-8(9)15)5-21-6-10-11(16)12(17)13(18)14(19)22-10/h2-4,10-19H,5-6H2,1H3/t10-,11-,12+,13+,14+/m1/s1. The molecule has 1 aliphatic rings. The molecule has 0 aromatic heterocycles. The van der Waals surface area contributed by atoms with E-state index < -0.39 is 30.7 Å². The van der Waals surface area contributed by atoms with Gasteiger partial charge in [-0.1, -0.05) is 6.07 Å². The van der Waals surface area contributed by atoms with Crippen LogP contribution >= 0.6 is 0 Å². The summed E-state index contributed by atoms with van der Waals surface area (Å²) in [6.07, 6.45) is -6.99. The topological polar surface area (TPSA) is 129 Å². The molecule has 0 unspecified atom stereocenters. The van der Waals surface area contributed by atoms with Gasteiger partial charge in [-0.05, 0) is 17.7 Å². The fourth-order valence-electron chi connectivity index (χ4n) is 2.17. The van der Waals surface area contributed by atoms with Crippen molar-refractivity contribution < 1.29 is 39.7 Å². The monoisotopic (exact) mass is 316 g/mol. The van der Waals surface area contributed by atoms with Crippen LogP contribution in [-0.2, 0) is 16.1 Å². The van der Waals surface area contributed by atoms with Crippen LogP contribution in [0.1, 0.15) is 5.56 Å². The highest BCUT2D eigenvalue weighted by molar-refractivity contribution is 5.41. The molecule has 1 aliphatic heterocycles. The first-order valence-corrected chi connectivity index (χ1v) is 6.75. The number of aliphatic hydroxyl groups is 4. The van der Waals surface area contributed by atoms with Gasteiger partial charge < -0.3 is 39.7 Å². The van der Waals surface area contributed by atoms with E-state index in [-0.39, 0.29) is 19.0 Å². The second kappa shape index (κ2) is 7.23. The van der Waals surface area contributed by atoms with E-state index in [0.717, 1.165) is 5.56 Å². The Labute approximate surface area is 127 Å². The van der Waals surface area contributed by atoms with Crippen molar-refractivity contribution in [2.75, 3.05) is 13.7 Å². The minimum atomic E-state index is -1.58. The zero-order chi connectivity index (χ0) is 16.3. The minimum absolute atomic E-state index is 0.0116. The fourth-order valence-corrected chi connectivity index (χ4v) is 2.17. The van der Waals surface area contributed by atoms with E-state index in [0.29, 0.717) is 5.75 Å². The third kappa shape index (κ3) is 3.67. The maximum atomic E-state index is 9.76. The van der Waals surface area contributed by atoms with Crippen molar-refractivity contribution in [1.29, 1.82) is 0 Å². The number of methoxy groups -OCH3 is 1. The molecular weight excluding hydrogens is 296 g/mol. The molecule has 1 fully saturated rings. The van der Waals surface area contributed by atoms with Gasteiger partial charge in [-0.15, -0.1) is 0 Å². The summed E-state index contributed by atoms with van der Waals surface area (Å²) in [6, 6.07) is 4.71. The predicted octanol–water partition coefficient (Wildman–Crippen LogP) is -1.28. The molecule has 0 aliphatic carbocycles. The molecule has 8 nitrogen and oxygen atoms in total. The summed E-state index contributed by atoms with van der Waals surface area (Å²) in [5.74, 6) is 0.321. The summed E-state index contributed by atoms with van der Waals surface area (Å²) >= 11 is 0. The molecule has 124 valence electrons. The second-order valence-electron chi connectivity index (χ2n) is 5.06. The van der Waals surface area contributed by atoms with Gasteiger partial charge in [-0.3, -0.25) is 0 Å². The van der Waals surface area contributed by atoms with Crippen molar-refractivity contribution in [1.82, 2.24) is 0 Å². The average Bonchev–Trinajstić information content (AvgIpc) is 2.51. The highest BCUT2D eigenvalue weighted by atomic mass is 16.6. The first-order chi connectivity index (χ1) is 10.4. The number of hydrogen-bond acceptors (Lipinski definition) is 8. The molecule has 0 spiro atoms. The Morgan fingerprint density at radius 2 is 1.82 bits per heavy atom. The van der Waals surface area contributed by atoms with E-state index in [2.05, 4.69) is 0 Å². The van der Waals surface area contributed by atoms with E-state index in [4.69, 9.17) is 14.2 Å². The average molecular weight is 316 g/mol. The van der Waals surface area contributed by atoms with E-state index in [1.54, 1.807) is 12.1 Å². The number of rotatable bonds is 5. The summed E-state index contributed by atoms with van der Waals surface area (Å²) in [6.45, 7) is 0.0587. The van der Waals surface area contributed by atoms with Crippen molar-refractivity contribution in [3.8, 4) is 11.5 Å². The molecule has 1 aromatic carbocycles. The van der Waals surface area contributed by atoms with Crippen molar-refractivity contribution in [3.05, 3.63) is 23.8 Å². The van der Waals surface area contributed by atoms with Crippen molar-refractivity contribution >= 4 is 0 Å². The number of phenolic OH excluding ortho intramolecular Hbond substituents is 1. The van der Waals surface area contributed by atoms with Crippen LogP contribution < -0.4 is 4.74 Å². The van der Waals surface area contributed by atoms with E-state index >= 15 is 0 Å². The quantitative estimate of drug-likeness (QED) is 0.454. The van der Waals surface area contributed by atoms with Crippen LogP contribution in [0.25, 0.3) is 0 Å². The number of hydrogen-bond donors (Lipinski definition) is 5. The van der Waals surface area contributed by atoms with Gasteiger partial charge in [0.1, 0.15) is 24.4 Å². The Morgan fingerprint density at radius 3 is 2.50 bits per heavy atom.